The summed E-state index contributed by atoms with van der Waals surface area (Å²) in [7, 11) is 0. The second-order valence-corrected chi connectivity index (χ2v) is 7.74. The van der Waals surface area contributed by atoms with Gasteiger partial charge in [-0.3, -0.25) is 14.4 Å². The standard InChI is InChI=1S/C19H24N4O10S/c24-12-4-9-7(3-10(21-9)19(32)33)15(16(12)28)23-8(18(30)31)1-2-13(25)22-11(6-34)17(29)20-5-14(26)27/h4,8,10-11,21,23-24,28,34H,1-3,5-6H2,(H,20,29)(H,22,25)(H,26,27)(H,30,31)(H,32,33)/t8-,10?,11-/m0/s1. The van der Waals surface area contributed by atoms with E-state index in [1.54, 1.807) is 0 Å². The van der Waals surface area contributed by atoms with Gasteiger partial charge in [-0.05, 0) is 6.42 Å². The van der Waals surface area contributed by atoms with E-state index in [-0.39, 0.29) is 42.0 Å². The fourth-order valence-corrected chi connectivity index (χ4v) is 3.50. The predicted octanol–water partition coefficient (Wildman–Crippen LogP) is -1.22. The summed E-state index contributed by atoms with van der Waals surface area (Å²) in [6.45, 7) is -0.653. The highest BCUT2D eigenvalue weighted by Crippen LogP contribution is 2.44. The van der Waals surface area contributed by atoms with E-state index in [2.05, 4.69) is 33.9 Å². The molecule has 34 heavy (non-hydrogen) atoms. The quantitative estimate of drug-likeness (QED) is 0.0924. The van der Waals surface area contributed by atoms with Crippen molar-refractivity contribution in [3.8, 4) is 11.5 Å². The predicted molar refractivity (Wildman–Crippen MR) is 119 cm³/mol. The summed E-state index contributed by atoms with van der Waals surface area (Å²) >= 11 is 3.93. The highest BCUT2D eigenvalue weighted by atomic mass is 32.1. The molecule has 0 radical (unpaired) electrons. The largest absolute Gasteiger partial charge is 0.504 e. The summed E-state index contributed by atoms with van der Waals surface area (Å²) in [5, 5.41) is 57.2. The van der Waals surface area contributed by atoms with E-state index in [1.807, 2.05) is 0 Å². The lowest BCUT2D eigenvalue weighted by Gasteiger charge is -2.20. The number of thiol groups is 1. The third-order valence-corrected chi connectivity index (χ3v) is 5.31. The van der Waals surface area contributed by atoms with E-state index in [4.69, 9.17) is 5.11 Å². The SMILES string of the molecule is O=C(O)CNC(=O)[C@H](CS)NC(=O)CC[C@H](Nc1c(O)c(O)cc2c1CC(C(=O)O)N2)C(=O)O. The smallest absolute Gasteiger partial charge is 0.326 e. The van der Waals surface area contributed by atoms with Gasteiger partial charge in [-0.25, -0.2) is 9.59 Å². The maximum absolute atomic E-state index is 12.2. The van der Waals surface area contributed by atoms with Crippen LogP contribution < -0.4 is 21.3 Å². The van der Waals surface area contributed by atoms with E-state index in [1.165, 1.54) is 0 Å². The lowest BCUT2D eigenvalue weighted by atomic mass is 10.0. The number of aromatic hydroxyl groups is 2. The van der Waals surface area contributed by atoms with E-state index >= 15 is 0 Å². The molecule has 1 aromatic carbocycles. The molecule has 1 aliphatic heterocycles. The molecule has 0 spiro atoms. The first kappa shape index (κ1) is 26.4. The zero-order valence-electron chi connectivity index (χ0n) is 17.6. The maximum atomic E-state index is 12.2. The van der Waals surface area contributed by atoms with Crippen LogP contribution in [0.5, 0.6) is 11.5 Å². The first-order chi connectivity index (χ1) is 15.9. The van der Waals surface area contributed by atoms with Crippen LogP contribution in [0.3, 0.4) is 0 Å². The lowest BCUT2D eigenvalue weighted by molar-refractivity contribution is -0.139. The van der Waals surface area contributed by atoms with E-state index < -0.39 is 65.9 Å². The highest BCUT2D eigenvalue weighted by Gasteiger charge is 2.33. The fraction of sp³-hybridized carbons (Fsp3) is 0.421. The number of phenols is 2. The summed E-state index contributed by atoms with van der Waals surface area (Å²) in [6.07, 6.45) is -0.780. The molecule has 0 saturated heterocycles. The van der Waals surface area contributed by atoms with Crippen LogP contribution in [0.2, 0.25) is 0 Å². The molecule has 3 atom stereocenters. The number of anilines is 2. The summed E-state index contributed by atoms with van der Waals surface area (Å²) in [6, 6.07) is -2.50. The monoisotopic (exact) mass is 500 g/mol. The highest BCUT2D eigenvalue weighted by molar-refractivity contribution is 7.80. The molecule has 0 saturated carbocycles. The van der Waals surface area contributed by atoms with E-state index in [0.717, 1.165) is 6.07 Å². The normalized spacial score (nSPS) is 15.9. The van der Waals surface area contributed by atoms with Gasteiger partial charge in [-0.1, -0.05) is 0 Å². The van der Waals surface area contributed by atoms with Gasteiger partial charge in [-0.15, -0.1) is 0 Å². The number of benzene rings is 1. The first-order valence-electron chi connectivity index (χ1n) is 9.90. The lowest BCUT2D eigenvalue weighted by Crippen LogP contribution is -2.49. The second-order valence-electron chi connectivity index (χ2n) is 7.37. The Morgan fingerprint density at radius 3 is 2.35 bits per heavy atom. The van der Waals surface area contributed by atoms with Gasteiger partial charge in [0.2, 0.25) is 11.8 Å². The van der Waals surface area contributed by atoms with Crippen LogP contribution in [0.15, 0.2) is 6.07 Å². The van der Waals surface area contributed by atoms with E-state index in [0.29, 0.717) is 0 Å². The Morgan fingerprint density at radius 2 is 1.79 bits per heavy atom. The molecule has 9 N–H and O–H groups in total. The van der Waals surface area contributed by atoms with Gasteiger partial charge in [0.1, 0.15) is 24.7 Å². The fourth-order valence-electron chi connectivity index (χ4n) is 3.24. The summed E-state index contributed by atoms with van der Waals surface area (Å²) in [4.78, 5) is 57.7. The maximum Gasteiger partial charge on any atom is 0.326 e. The third kappa shape index (κ3) is 6.57. The molecule has 1 aliphatic rings. The second kappa shape index (κ2) is 11.3. The van der Waals surface area contributed by atoms with Gasteiger partial charge in [0.25, 0.3) is 0 Å². The minimum absolute atomic E-state index is 0.0945. The van der Waals surface area contributed by atoms with Crippen molar-refractivity contribution in [3.05, 3.63) is 11.6 Å². The third-order valence-electron chi connectivity index (χ3n) is 4.95. The number of hydrogen-bond acceptors (Lipinski definition) is 10. The Balaban J connectivity index is 2.08. The zero-order valence-corrected chi connectivity index (χ0v) is 18.5. The number of hydrogen-bond donors (Lipinski definition) is 10. The number of rotatable bonds is 12. The van der Waals surface area contributed by atoms with Crippen LogP contribution >= 0.6 is 12.6 Å². The molecule has 1 heterocycles. The topological polar surface area (TPSA) is 235 Å². The Kier molecular flexibility index (Phi) is 8.77. The molecule has 0 bridgehead atoms. The Labute approximate surface area is 197 Å². The molecule has 0 fully saturated rings. The molecule has 186 valence electrons. The summed E-state index contributed by atoms with van der Waals surface area (Å²) in [5.41, 5.74) is 0.278. The molecular weight excluding hydrogens is 476 g/mol. The van der Waals surface area contributed by atoms with Gasteiger partial charge < -0.3 is 46.8 Å². The number of nitrogens with one attached hydrogen (secondary N) is 4. The molecular formula is C19H24N4O10S. The number of carbonyl (C=O) groups is 5. The zero-order chi connectivity index (χ0) is 25.6. The average molecular weight is 500 g/mol. The molecule has 14 nitrogen and oxygen atoms in total. The van der Waals surface area contributed by atoms with Gasteiger partial charge in [-0.2, -0.15) is 12.6 Å². The average Bonchev–Trinajstić information content (AvgIpc) is 3.19. The van der Waals surface area contributed by atoms with Gasteiger partial charge in [0.05, 0.1) is 5.69 Å². The number of fused-ring (bicyclic) bond motifs is 1. The van der Waals surface area contributed by atoms with Crippen molar-refractivity contribution in [3.63, 3.8) is 0 Å². The van der Waals surface area contributed by atoms with Crippen LogP contribution in [-0.2, 0) is 30.4 Å². The van der Waals surface area contributed by atoms with E-state index in [9.17, 15) is 44.4 Å². The van der Waals surface area contributed by atoms with Gasteiger partial charge in [0.15, 0.2) is 11.5 Å². The molecule has 15 heteroatoms. The Morgan fingerprint density at radius 1 is 1.12 bits per heavy atom. The van der Waals surface area contributed by atoms with Crippen molar-refractivity contribution in [1.82, 2.24) is 10.6 Å². The number of carboxylic acids is 3. The van der Waals surface area contributed by atoms with Crippen molar-refractivity contribution in [1.29, 1.82) is 0 Å². The molecule has 1 unspecified atom stereocenters. The van der Waals surface area contributed by atoms with Crippen molar-refractivity contribution in [2.45, 2.75) is 37.4 Å². The minimum atomic E-state index is -1.43. The molecule has 0 aliphatic carbocycles. The Bertz CT molecular complexity index is 1000. The van der Waals surface area contributed by atoms with Crippen LogP contribution in [0.1, 0.15) is 18.4 Å². The number of amides is 2. The minimum Gasteiger partial charge on any atom is -0.504 e. The molecule has 0 aromatic heterocycles. The van der Waals surface area contributed by atoms with Gasteiger partial charge in [0, 0.05) is 35.9 Å². The summed E-state index contributed by atoms with van der Waals surface area (Å²) in [5.74, 6) is -6.76. The molecule has 1 aromatic rings. The molecule has 2 rings (SSSR count). The van der Waals surface area contributed by atoms with Crippen LogP contribution in [-0.4, -0.2) is 85.7 Å². The van der Waals surface area contributed by atoms with Crippen molar-refractivity contribution >= 4 is 53.7 Å². The first-order valence-corrected chi connectivity index (χ1v) is 10.5. The van der Waals surface area contributed by atoms with Crippen molar-refractivity contribution < 1.29 is 49.5 Å². The van der Waals surface area contributed by atoms with Crippen molar-refractivity contribution in [2.24, 2.45) is 0 Å². The van der Waals surface area contributed by atoms with Crippen molar-refractivity contribution in [2.75, 3.05) is 22.9 Å². The van der Waals surface area contributed by atoms with Crippen LogP contribution in [0, 0.1) is 0 Å². The van der Waals surface area contributed by atoms with Crippen LogP contribution in [0.25, 0.3) is 0 Å². The summed E-state index contributed by atoms with van der Waals surface area (Å²) < 4.78 is 0. The van der Waals surface area contributed by atoms with Crippen LogP contribution in [0.4, 0.5) is 11.4 Å². The van der Waals surface area contributed by atoms with Gasteiger partial charge >= 0.3 is 17.9 Å². The molecule has 2 amide bonds. The number of aliphatic carboxylic acids is 3. The Hall–Kier alpha value is -3.88. The number of carbonyl (C=O) groups excluding carboxylic acids is 2. The number of carboxylic acid groups (broad SMARTS) is 3. The number of phenolic OH excluding ortho intramolecular Hbond substituents is 2.